The van der Waals surface area contributed by atoms with E-state index in [0.29, 0.717) is 31.5 Å². The van der Waals surface area contributed by atoms with Crippen molar-refractivity contribution >= 4 is 69.6 Å². The normalized spacial score (nSPS) is 17.0. The number of carbonyl (C=O) groups is 2. The van der Waals surface area contributed by atoms with E-state index < -0.39 is 5.92 Å². The molecule has 0 bridgehead atoms. The van der Waals surface area contributed by atoms with Gasteiger partial charge in [-0.3, -0.25) is 9.59 Å². The maximum absolute atomic E-state index is 12.5. The summed E-state index contributed by atoms with van der Waals surface area (Å²) < 4.78 is 0. The van der Waals surface area contributed by atoms with Crippen LogP contribution in [0.25, 0.3) is 0 Å². The van der Waals surface area contributed by atoms with Gasteiger partial charge in [-0.1, -0.05) is 46.4 Å². The third-order valence-corrected chi connectivity index (χ3v) is 4.99. The summed E-state index contributed by atoms with van der Waals surface area (Å²) in [5.41, 5.74) is 0.946. The number of carbonyl (C=O) groups excluding carboxylic acids is 2. The summed E-state index contributed by atoms with van der Waals surface area (Å²) in [6, 6.07) is 9.65. The molecule has 1 heterocycles. The molecular formula is C17H12Cl4N2O2. The number of amides is 2. The second-order valence-corrected chi connectivity index (χ2v) is 7.30. The Morgan fingerprint density at radius 2 is 1.68 bits per heavy atom. The van der Waals surface area contributed by atoms with Gasteiger partial charge in [-0.15, -0.1) is 0 Å². The van der Waals surface area contributed by atoms with Crippen LogP contribution in [0.1, 0.15) is 6.42 Å². The predicted molar refractivity (Wildman–Crippen MR) is 102 cm³/mol. The van der Waals surface area contributed by atoms with Gasteiger partial charge in [0.15, 0.2) is 0 Å². The van der Waals surface area contributed by atoms with Gasteiger partial charge in [-0.25, -0.2) is 0 Å². The molecule has 0 aliphatic carbocycles. The van der Waals surface area contributed by atoms with Gasteiger partial charge in [0.2, 0.25) is 11.8 Å². The number of halogens is 4. The summed E-state index contributed by atoms with van der Waals surface area (Å²) >= 11 is 24.0. The molecule has 0 radical (unpaired) electrons. The number of benzene rings is 2. The van der Waals surface area contributed by atoms with Gasteiger partial charge in [0, 0.05) is 23.0 Å². The number of rotatable bonds is 3. The van der Waals surface area contributed by atoms with Gasteiger partial charge >= 0.3 is 0 Å². The molecule has 1 fully saturated rings. The predicted octanol–water partition coefficient (Wildman–Crippen LogP) is 5.29. The summed E-state index contributed by atoms with van der Waals surface area (Å²) in [5.74, 6) is -1.00. The molecule has 0 spiro atoms. The van der Waals surface area contributed by atoms with Crippen LogP contribution >= 0.6 is 46.4 Å². The van der Waals surface area contributed by atoms with Crippen LogP contribution in [0.2, 0.25) is 20.1 Å². The third kappa shape index (κ3) is 4.04. The highest BCUT2D eigenvalue weighted by Crippen LogP contribution is 2.34. The van der Waals surface area contributed by atoms with Crippen LogP contribution in [0, 0.1) is 5.92 Å². The Labute approximate surface area is 164 Å². The van der Waals surface area contributed by atoms with Crippen LogP contribution in [0.4, 0.5) is 11.4 Å². The summed E-state index contributed by atoms with van der Waals surface area (Å²) in [6.45, 7) is 0.218. The molecular weight excluding hydrogens is 406 g/mol. The van der Waals surface area contributed by atoms with Crippen LogP contribution in [-0.4, -0.2) is 18.4 Å². The minimum absolute atomic E-state index is 0.0832. The molecule has 1 aliphatic rings. The van der Waals surface area contributed by atoms with E-state index in [1.165, 1.54) is 11.0 Å². The zero-order valence-electron chi connectivity index (χ0n) is 12.7. The fourth-order valence-corrected chi connectivity index (χ4v) is 3.48. The summed E-state index contributed by atoms with van der Waals surface area (Å²) in [7, 11) is 0. The minimum atomic E-state index is -0.519. The topological polar surface area (TPSA) is 49.4 Å². The third-order valence-electron chi connectivity index (χ3n) is 3.88. The molecule has 2 amide bonds. The molecule has 1 aliphatic heterocycles. The fourth-order valence-electron chi connectivity index (χ4n) is 2.63. The largest absolute Gasteiger partial charge is 0.324 e. The second kappa shape index (κ2) is 7.42. The molecule has 8 heteroatoms. The lowest BCUT2D eigenvalue weighted by Crippen LogP contribution is -2.28. The van der Waals surface area contributed by atoms with E-state index >= 15 is 0 Å². The number of hydrogen-bond donors (Lipinski definition) is 1. The Morgan fingerprint density at radius 3 is 2.40 bits per heavy atom. The molecule has 3 rings (SSSR count). The first-order valence-corrected chi connectivity index (χ1v) is 8.87. The SMILES string of the molecule is O=C(Nc1ccc(Cl)cc1Cl)[C@H]1CC(=O)N(c2cc(Cl)ccc2Cl)C1. The molecule has 2 aromatic rings. The zero-order valence-corrected chi connectivity index (χ0v) is 15.8. The van der Waals surface area contributed by atoms with Gasteiger partial charge in [-0.2, -0.15) is 0 Å². The van der Waals surface area contributed by atoms with Crippen molar-refractivity contribution in [1.29, 1.82) is 0 Å². The molecule has 1 atom stereocenters. The van der Waals surface area contributed by atoms with Crippen molar-refractivity contribution in [3.63, 3.8) is 0 Å². The average Bonchev–Trinajstić information content (AvgIpc) is 2.94. The highest BCUT2D eigenvalue weighted by atomic mass is 35.5. The first kappa shape index (κ1) is 18.3. The lowest BCUT2D eigenvalue weighted by Gasteiger charge is -2.18. The molecule has 1 N–H and O–H groups in total. The summed E-state index contributed by atoms with van der Waals surface area (Å²) in [5, 5.41) is 4.40. The van der Waals surface area contributed by atoms with E-state index in [1.807, 2.05) is 0 Å². The van der Waals surface area contributed by atoms with Crippen LogP contribution in [0.15, 0.2) is 36.4 Å². The van der Waals surface area contributed by atoms with Crippen LogP contribution in [0.5, 0.6) is 0 Å². The van der Waals surface area contributed by atoms with E-state index in [-0.39, 0.29) is 24.8 Å². The first-order chi connectivity index (χ1) is 11.8. The number of hydrogen-bond acceptors (Lipinski definition) is 2. The molecule has 1 saturated heterocycles. The lowest BCUT2D eigenvalue weighted by atomic mass is 10.1. The molecule has 0 unspecified atom stereocenters. The Kier molecular flexibility index (Phi) is 5.44. The van der Waals surface area contributed by atoms with Crippen molar-refractivity contribution < 1.29 is 9.59 Å². The molecule has 130 valence electrons. The lowest BCUT2D eigenvalue weighted by molar-refractivity contribution is -0.122. The molecule has 0 aromatic heterocycles. The van der Waals surface area contributed by atoms with Gasteiger partial charge in [0.05, 0.1) is 27.3 Å². The number of nitrogens with one attached hydrogen (secondary N) is 1. The Balaban J connectivity index is 1.75. The van der Waals surface area contributed by atoms with E-state index in [1.54, 1.807) is 30.3 Å². The Hall–Kier alpha value is -1.46. The number of anilines is 2. The minimum Gasteiger partial charge on any atom is -0.324 e. The van der Waals surface area contributed by atoms with Crippen molar-refractivity contribution in [2.24, 2.45) is 5.92 Å². The van der Waals surface area contributed by atoms with Crippen LogP contribution in [-0.2, 0) is 9.59 Å². The Morgan fingerprint density at radius 1 is 1.00 bits per heavy atom. The quantitative estimate of drug-likeness (QED) is 0.737. The van der Waals surface area contributed by atoms with Crippen LogP contribution in [0.3, 0.4) is 0 Å². The summed E-state index contributed by atoms with van der Waals surface area (Å²) in [4.78, 5) is 26.3. The maximum Gasteiger partial charge on any atom is 0.229 e. The van der Waals surface area contributed by atoms with Crippen molar-refractivity contribution in [3.8, 4) is 0 Å². The highest BCUT2D eigenvalue weighted by Gasteiger charge is 2.36. The standard InChI is InChI=1S/C17H12Cl4N2O2/c18-10-2-4-14(13(21)6-10)22-17(25)9-5-16(24)23(8-9)15-7-11(19)1-3-12(15)20/h1-4,6-7,9H,5,8H2,(H,22,25)/t9-/m0/s1. The van der Waals surface area contributed by atoms with Crippen molar-refractivity contribution in [1.82, 2.24) is 0 Å². The van der Waals surface area contributed by atoms with E-state index in [2.05, 4.69) is 5.32 Å². The first-order valence-electron chi connectivity index (χ1n) is 7.36. The van der Waals surface area contributed by atoms with E-state index in [9.17, 15) is 9.59 Å². The fraction of sp³-hybridized carbons (Fsp3) is 0.176. The van der Waals surface area contributed by atoms with Gasteiger partial charge in [0.25, 0.3) is 0 Å². The zero-order chi connectivity index (χ0) is 18.1. The monoisotopic (exact) mass is 416 g/mol. The van der Waals surface area contributed by atoms with Crippen molar-refractivity contribution in [3.05, 3.63) is 56.5 Å². The van der Waals surface area contributed by atoms with Gasteiger partial charge in [-0.05, 0) is 36.4 Å². The van der Waals surface area contributed by atoms with Crippen molar-refractivity contribution in [2.75, 3.05) is 16.8 Å². The van der Waals surface area contributed by atoms with E-state index in [4.69, 9.17) is 46.4 Å². The summed E-state index contributed by atoms with van der Waals surface area (Å²) in [6.07, 6.45) is 0.0832. The van der Waals surface area contributed by atoms with Gasteiger partial charge in [0.1, 0.15) is 0 Å². The smallest absolute Gasteiger partial charge is 0.229 e. The molecule has 25 heavy (non-hydrogen) atoms. The maximum atomic E-state index is 12.5. The van der Waals surface area contributed by atoms with Gasteiger partial charge < -0.3 is 10.2 Å². The van der Waals surface area contributed by atoms with Crippen LogP contribution < -0.4 is 10.2 Å². The molecule has 4 nitrogen and oxygen atoms in total. The molecule has 2 aromatic carbocycles. The second-order valence-electron chi connectivity index (χ2n) is 5.61. The average molecular weight is 418 g/mol. The highest BCUT2D eigenvalue weighted by molar-refractivity contribution is 6.37. The molecule has 0 saturated carbocycles. The van der Waals surface area contributed by atoms with E-state index in [0.717, 1.165) is 0 Å². The number of nitrogens with zero attached hydrogens (tertiary/aromatic N) is 1. The van der Waals surface area contributed by atoms with Crippen molar-refractivity contribution in [2.45, 2.75) is 6.42 Å². The Bertz CT molecular complexity index is 857.